The fourth-order valence-electron chi connectivity index (χ4n) is 5.68. The summed E-state index contributed by atoms with van der Waals surface area (Å²) in [6, 6.07) is 20.5. The van der Waals surface area contributed by atoms with Crippen molar-refractivity contribution in [3.05, 3.63) is 82.9 Å². The Kier molecular flexibility index (Phi) is 7.86. The molecule has 3 aromatic carbocycles. The molecule has 3 aromatic rings. The van der Waals surface area contributed by atoms with Gasteiger partial charge in [0.05, 0.1) is 6.42 Å². The SMILES string of the molecule is Cc1c(CC(=O)OC(C)(C)C)cc(N(C)C(=O)OCC2c3ccccc3-c3ccccc32)cc1N1CCNCC1. The average Bonchev–Trinajstić information content (AvgIpc) is 3.25. The van der Waals surface area contributed by atoms with Gasteiger partial charge in [-0.2, -0.15) is 0 Å². The predicted molar refractivity (Wildman–Crippen MR) is 159 cm³/mol. The van der Waals surface area contributed by atoms with Crippen molar-refractivity contribution in [2.45, 2.75) is 45.6 Å². The van der Waals surface area contributed by atoms with Crippen molar-refractivity contribution < 1.29 is 19.1 Å². The molecule has 0 aromatic heterocycles. The molecule has 40 heavy (non-hydrogen) atoms. The Hall–Kier alpha value is -3.84. The van der Waals surface area contributed by atoms with E-state index >= 15 is 0 Å². The van der Waals surface area contributed by atoms with Gasteiger partial charge in [0.25, 0.3) is 0 Å². The molecule has 0 atom stereocenters. The molecule has 1 N–H and O–H groups in total. The molecule has 5 rings (SSSR count). The number of benzene rings is 3. The number of carbonyl (C=O) groups is 2. The number of hydrogen-bond donors (Lipinski definition) is 1. The first-order chi connectivity index (χ1) is 19.1. The lowest BCUT2D eigenvalue weighted by molar-refractivity contribution is -0.153. The van der Waals surface area contributed by atoms with E-state index in [2.05, 4.69) is 34.5 Å². The van der Waals surface area contributed by atoms with Crippen LogP contribution in [0.2, 0.25) is 0 Å². The van der Waals surface area contributed by atoms with Gasteiger partial charge in [0.1, 0.15) is 12.2 Å². The van der Waals surface area contributed by atoms with E-state index in [1.54, 1.807) is 7.05 Å². The van der Waals surface area contributed by atoms with Crippen molar-refractivity contribution in [3.8, 4) is 11.1 Å². The lowest BCUT2D eigenvalue weighted by Crippen LogP contribution is -2.44. The Bertz CT molecular complexity index is 1360. The molecule has 7 nitrogen and oxygen atoms in total. The highest BCUT2D eigenvalue weighted by Crippen LogP contribution is 2.44. The van der Waals surface area contributed by atoms with Gasteiger partial charge in [0.15, 0.2) is 0 Å². The standard InChI is InChI=1S/C33H39N3O4/c1-22-23(19-31(37)40-33(2,3)4)18-24(20-30(22)36-16-14-34-15-17-36)35(5)32(38)39-21-29-27-12-8-6-10-25(27)26-11-7-9-13-28(26)29/h6-13,18,20,29,34H,14-17,19,21H2,1-5H3. The number of ether oxygens (including phenoxy) is 2. The van der Waals surface area contributed by atoms with Crippen LogP contribution >= 0.6 is 0 Å². The Labute approximate surface area is 237 Å². The van der Waals surface area contributed by atoms with Gasteiger partial charge < -0.3 is 19.7 Å². The zero-order chi connectivity index (χ0) is 28.4. The molecule has 0 bridgehead atoms. The molecule has 0 saturated carbocycles. The fraction of sp³-hybridized carbons (Fsp3) is 0.394. The maximum absolute atomic E-state index is 13.4. The first kappa shape index (κ1) is 27.7. The van der Waals surface area contributed by atoms with Crippen LogP contribution in [-0.4, -0.2) is 57.5 Å². The minimum absolute atomic E-state index is 0.0121. The Morgan fingerprint density at radius 3 is 2.17 bits per heavy atom. The highest BCUT2D eigenvalue weighted by atomic mass is 16.6. The number of nitrogens with zero attached hydrogens (tertiary/aromatic N) is 2. The predicted octanol–water partition coefficient (Wildman–Crippen LogP) is 5.67. The smallest absolute Gasteiger partial charge is 0.414 e. The van der Waals surface area contributed by atoms with E-state index in [1.807, 2.05) is 64.1 Å². The molecular formula is C33H39N3O4. The molecule has 1 saturated heterocycles. The average molecular weight is 542 g/mol. The third-order valence-corrected chi connectivity index (χ3v) is 7.68. The number of rotatable bonds is 6. The third-order valence-electron chi connectivity index (χ3n) is 7.68. The highest BCUT2D eigenvalue weighted by Gasteiger charge is 2.30. The summed E-state index contributed by atoms with van der Waals surface area (Å²) in [6.07, 6.45) is -0.297. The van der Waals surface area contributed by atoms with Crippen LogP contribution in [0.15, 0.2) is 60.7 Å². The van der Waals surface area contributed by atoms with Gasteiger partial charge in [0.2, 0.25) is 0 Å². The van der Waals surface area contributed by atoms with Crippen LogP contribution in [0.1, 0.15) is 48.9 Å². The summed E-state index contributed by atoms with van der Waals surface area (Å²) in [4.78, 5) is 30.0. The van der Waals surface area contributed by atoms with Crippen LogP contribution in [0.25, 0.3) is 11.1 Å². The number of nitrogens with one attached hydrogen (secondary N) is 1. The lowest BCUT2D eigenvalue weighted by Gasteiger charge is -2.32. The number of esters is 1. The van der Waals surface area contributed by atoms with Gasteiger partial charge in [-0.25, -0.2) is 4.79 Å². The molecule has 1 aliphatic carbocycles. The molecule has 1 fully saturated rings. The van der Waals surface area contributed by atoms with Crippen molar-refractivity contribution in [2.75, 3.05) is 49.6 Å². The Balaban J connectivity index is 1.38. The molecule has 7 heteroatoms. The largest absolute Gasteiger partial charge is 0.460 e. The molecule has 0 radical (unpaired) electrons. The minimum Gasteiger partial charge on any atom is -0.460 e. The number of carbonyl (C=O) groups excluding carboxylic acids is 2. The summed E-state index contributed by atoms with van der Waals surface area (Å²) < 4.78 is 11.5. The second-order valence-corrected chi connectivity index (χ2v) is 11.6. The zero-order valence-corrected chi connectivity index (χ0v) is 24.1. The van der Waals surface area contributed by atoms with Gasteiger partial charge in [-0.1, -0.05) is 48.5 Å². The second-order valence-electron chi connectivity index (χ2n) is 11.6. The maximum Gasteiger partial charge on any atom is 0.414 e. The van der Waals surface area contributed by atoms with Crippen LogP contribution in [0.4, 0.5) is 16.2 Å². The van der Waals surface area contributed by atoms with Crippen LogP contribution in [0.5, 0.6) is 0 Å². The summed E-state index contributed by atoms with van der Waals surface area (Å²) in [5, 5.41) is 3.39. The lowest BCUT2D eigenvalue weighted by atomic mass is 9.98. The summed E-state index contributed by atoms with van der Waals surface area (Å²) in [5.41, 5.74) is 7.76. The van der Waals surface area contributed by atoms with Crippen LogP contribution in [-0.2, 0) is 20.7 Å². The first-order valence-electron chi connectivity index (χ1n) is 14.0. The van der Waals surface area contributed by atoms with Crippen molar-refractivity contribution in [2.24, 2.45) is 0 Å². The second kappa shape index (κ2) is 11.3. The quantitative estimate of drug-likeness (QED) is 0.405. The number of anilines is 2. The summed E-state index contributed by atoms with van der Waals surface area (Å²) in [6.45, 7) is 11.4. The molecule has 1 amide bonds. The van der Waals surface area contributed by atoms with Crippen molar-refractivity contribution >= 4 is 23.4 Å². The van der Waals surface area contributed by atoms with Crippen LogP contribution < -0.4 is 15.1 Å². The van der Waals surface area contributed by atoms with Crippen molar-refractivity contribution in [1.29, 1.82) is 0 Å². The number of hydrogen-bond acceptors (Lipinski definition) is 6. The highest BCUT2D eigenvalue weighted by molar-refractivity contribution is 5.89. The summed E-state index contributed by atoms with van der Waals surface area (Å²) >= 11 is 0. The van der Waals surface area contributed by atoms with E-state index < -0.39 is 11.7 Å². The molecule has 1 heterocycles. The van der Waals surface area contributed by atoms with E-state index in [0.29, 0.717) is 5.69 Å². The van der Waals surface area contributed by atoms with E-state index in [0.717, 1.165) is 43.0 Å². The summed E-state index contributed by atoms with van der Waals surface area (Å²) in [5.74, 6) is -0.301. The van der Waals surface area contributed by atoms with Gasteiger partial charge in [-0.3, -0.25) is 9.69 Å². The van der Waals surface area contributed by atoms with Gasteiger partial charge in [-0.15, -0.1) is 0 Å². The van der Waals surface area contributed by atoms with Gasteiger partial charge in [0, 0.05) is 50.5 Å². The number of fused-ring (bicyclic) bond motifs is 3. The van der Waals surface area contributed by atoms with Gasteiger partial charge in [-0.05, 0) is 73.2 Å². The number of piperazine rings is 1. The van der Waals surface area contributed by atoms with Crippen molar-refractivity contribution in [1.82, 2.24) is 5.32 Å². The first-order valence-corrected chi connectivity index (χ1v) is 14.0. The fourth-order valence-corrected chi connectivity index (χ4v) is 5.68. The minimum atomic E-state index is -0.567. The summed E-state index contributed by atoms with van der Waals surface area (Å²) in [7, 11) is 1.72. The van der Waals surface area contributed by atoms with Crippen LogP contribution in [0, 0.1) is 6.92 Å². The van der Waals surface area contributed by atoms with Crippen molar-refractivity contribution in [3.63, 3.8) is 0 Å². The molecule has 2 aliphatic rings. The number of amides is 1. The molecule has 1 aliphatic heterocycles. The van der Waals surface area contributed by atoms with Crippen LogP contribution in [0.3, 0.4) is 0 Å². The molecular weight excluding hydrogens is 502 g/mol. The third kappa shape index (κ3) is 5.85. The topological polar surface area (TPSA) is 71.1 Å². The Morgan fingerprint density at radius 1 is 0.975 bits per heavy atom. The monoisotopic (exact) mass is 541 g/mol. The van der Waals surface area contributed by atoms with Gasteiger partial charge >= 0.3 is 12.1 Å². The normalized spacial score (nSPS) is 14.9. The van der Waals surface area contributed by atoms with E-state index in [-0.39, 0.29) is 24.9 Å². The van der Waals surface area contributed by atoms with E-state index in [4.69, 9.17) is 9.47 Å². The zero-order valence-electron chi connectivity index (χ0n) is 24.1. The van der Waals surface area contributed by atoms with E-state index in [1.165, 1.54) is 27.2 Å². The Morgan fingerprint density at radius 2 is 1.57 bits per heavy atom. The maximum atomic E-state index is 13.4. The molecule has 0 spiro atoms. The van der Waals surface area contributed by atoms with E-state index in [9.17, 15) is 9.59 Å². The molecule has 210 valence electrons. The molecule has 0 unspecified atom stereocenters.